The Hall–Kier alpha value is -1.43. The summed E-state index contributed by atoms with van der Waals surface area (Å²) in [5, 5.41) is 9.08. The molecule has 0 aromatic heterocycles. The number of nitrogens with one attached hydrogen (secondary N) is 1. The molecule has 0 radical (unpaired) electrons. The highest BCUT2D eigenvalue weighted by Gasteiger charge is 2.29. The molecule has 1 fully saturated rings. The van der Waals surface area contributed by atoms with E-state index in [1.807, 2.05) is 18.2 Å². The minimum Gasteiger partial charge on any atom is -0.395 e. The van der Waals surface area contributed by atoms with Gasteiger partial charge in [0.15, 0.2) is 0 Å². The van der Waals surface area contributed by atoms with Crippen LogP contribution in [0.25, 0.3) is 0 Å². The van der Waals surface area contributed by atoms with E-state index in [0.29, 0.717) is 24.7 Å². The van der Waals surface area contributed by atoms with Gasteiger partial charge in [0.05, 0.1) is 6.61 Å². The number of aliphatic hydroxyl groups excluding tert-OH is 1. The predicted molar refractivity (Wildman–Crippen MR) is 68.6 cm³/mol. The number of hydrazine groups is 1. The lowest BCUT2D eigenvalue weighted by molar-refractivity contribution is 0.0951. The molecule has 1 aromatic rings. The molecule has 98 valence electrons. The Bertz CT molecular complexity index is 418. The first-order chi connectivity index (χ1) is 8.76. The number of nitrogens with zero attached hydrogens (tertiary/aromatic N) is 1. The highest BCUT2D eigenvalue weighted by Crippen LogP contribution is 2.28. The second kappa shape index (κ2) is 5.95. The lowest BCUT2D eigenvalue weighted by atomic mass is 10.1. The summed E-state index contributed by atoms with van der Waals surface area (Å²) >= 11 is 0. The highest BCUT2D eigenvalue weighted by molar-refractivity contribution is 5.95. The second-order valence-electron chi connectivity index (χ2n) is 4.56. The molecule has 1 aromatic carbocycles. The Morgan fingerprint density at radius 1 is 1.44 bits per heavy atom. The molecule has 0 aliphatic heterocycles. The van der Waals surface area contributed by atoms with Gasteiger partial charge in [0.25, 0.3) is 5.91 Å². The van der Waals surface area contributed by atoms with Gasteiger partial charge in [-0.25, -0.2) is 5.84 Å². The SMILES string of the molecule is NNC(=O)c1ccccc1CN(CCO)C1CC1. The number of nitrogens with two attached hydrogens (primary N) is 1. The van der Waals surface area contributed by atoms with Crippen molar-refractivity contribution in [1.29, 1.82) is 0 Å². The highest BCUT2D eigenvalue weighted by atomic mass is 16.3. The van der Waals surface area contributed by atoms with Gasteiger partial charge in [0, 0.05) is 24.7 Å². The largest absolute Gasteiger partial charge is 0.395 e. The van der Waals surface area contributed by atoms with Crippen LogP contribution < -0.4 is 11.3 Å². The maximum Gasteiger partial charge on any atom is 0.265 e. The zero-order valence-electron chi connectivity index (χ0n) is 10.3. The molecule has 1 amide bonds. The first kappa shape index (κ1) is 13.0. The Kier molecular flexibility index (Phi) is 4.30. The van der Waals surface area contributed by atoms with Gasteiger partial charge in [0.2, 0.25) is 0 Å². The van der Waals surface area contributed by atoms with Gasteiger partial charge in [0.1, 0.15) is 0 Å². The summed E-state index contributed by atoms with van der Waals surface area (Å²) < 4.78 is 0. The first-order valence-corrected chi connectivity index (χ1v) is 6.20. The third kappa shape index (κ3) is 3.07. The maximum atomic E-state index is 11.7. The smallest absolute Gasteiger partial charge is 0.265 e. The molecule has 1 aliphatic carbocycles. The van der Waals surface area contributed by atoms with E-state index in [4.69, 9.17) is 10.9 Å². The lowest BCUT2D eigenvalue weighted by Gasteiger charge is -2.22. The molecule has 4 N–H and O–H groups in total. The molecule has 0 saturated heterocycles. The molecule has 0 bridgehead atoms. The second-order valence-corrected chi connectivity index (χ2v) is 4.56. The summed E-state index contributed by atoms with van der Waals surface area (Å²) in [5.41, 5.74) is 3.71. The van der Waals surface area contributed by atoms with Gasteiger partial charge < -0.3 is 5.11 Å². The third-order valence-electron chi connectivity index (χ3n) is 3.22. The minimum absolute atomic E-state index is 0.141. The fourth-order valence-corrected chi connectivity index (χ4v) is 2.14. The predicted octanol–water partition coefficient (Wildman–Crippen LogP) is 0.247. The average molecular weight is 249 g/mol. The number of carbonyl (C=O) groups is 1. The van der Waals surface area contributed by atoms with E-state index in [1.54, 1.807) is 6.07 Å². The fraction of sp³-hybridized carbons (Fsp3) is 0.462. The van der Waals surface area contributed by atoms with E-state index < -0.39 is 0 Å². The number of hydrogen-bond donors (Lipinski definition) is 3. The summed E-state index contributed by atoms with van der Waals surface area (Å²) in [7, 11) is 0. The van der Waals surface area contributed by atoms with Crippen molar-refractivity contribution in [3.8, 4) is 0 Å². The van der Waals surface area contributed by atoms with Gasteiger partial charge in [-0.15, -0.1) is 0 Å². The van der Waals surface area contributed by atoms with Crippen molar-refractivity contribution < 1.29 is 9.90 Å². The number of aliphatic hydroxyl groups is 1. The van der Waals surface area contributed by atoms with E-state index in [0.717, 1.165) is 5.56 Å². The molecule has 0 unspecified atom stereocenters. The summed E-state index contributed by atoms with van der Waals surface area (Å²) in [6, 6.07) is 7.97. The topological polar surface area (TPSA) is 78.6 Å². The first-order valence-electron chi connectivity index (χ1n) is 6.20. The molecule has 0 spiro atoms. The lowest BCUT2D eigenvalue weighted by Crippen LogP contribution is -2.33. The van der Waals surface area contributed by atoms with Gasteiger partial charge in [-0.3, -0.25) is 15.1 Å². The van der Waals surface area contributed by atoms with Crippen LogP contribution in [0.5, 0.6) is 0 Å². The van der Waals surface area contributed by atoms with E-state index in [1.165, 1.54) is 12.8 Å². The molecular weight excluding hydrogens is 230 g/mol. The number of amides is 1. The van der Waals surface area contributed by atoms with Crippen molar-refractivity contribution >= 4 is 5.91 Å². The zero-order valence-corrected chi connectivity index (χ0v) is 10.3. The van der Waals surface area contributed by atoms with Gasteiger partial charge in [-0.05, 0) is 24.5 Å². The van der Waals surface area contributed by atoms with Crippen molar-refractivity contribution in [1.82, 2.24) is 10.3 Å². The van der Waals surface area contributed by atoms with Crippen LogP contribution in [-0.4, -0.2) is 35.1 Å². The number of benzene rings is 1. The van der Waals surface area contributed by atoms with Crippen LogP contribution in [0.4, 0.5) is 0 Å². The standard InChI is InChI=1S/C13H19N3O2/c14-15-13(18)12-4-2-1-3-10(12)9-16(7-8-17)11-5-6-11/h1-4,11,17H,5-9,14H2,(H,15,18). The summed E-state index contributed by atoms with van der Waals surface area (Å²) in [6.45, 7) is 1.46. The fourth-order valence-electron chi connectivity index (χ4n) is 2.14. The molecule has 1 saturated carbocycles. The Labute approximate surface area is 107 Å². The van der Waals surface area contributed by atoms with Crippen molar-refractivity contribution in [2.75, 3.05) is 13.2 Å². The van der Waals surface area contributed by atoms with E-state index in [2.05, 4.69) is 10.3 Å². The van der Waals surface area contributed by atoms with Crippen molar-refractivity contribution in [2.24, 2.45) is 5.84 Å². The summed E-state index contributed by atoms with van der Waals surface area (Å²) in [5.74, 6) is 4.91. The minimum atomic E-state index is -0.273. The van der Waals surface area contributed by atoms with Crippen molar-refractivity contribution in [3.05, 3.63) is 35.4 Å². The number of rotatable bonds is 6. The Balaban J connectivity index is 2.13. The van der Waals surface area contributed by atoms with Crippen molar-refractivity contribution in [2.45, 2.75) is 25.4 Å². The number of hydrogen-bond acceptors (Lipinski definition) is 4. The number of nitrogen functional groups attached to an aromatic ring is 1. The van der Waals surface area contributed by atoms with Crippen LogP contribution in [0.15, 0.2) is 24.3 Å². The van der Waals surface area contributed by atoms with E-state index in [9.17, 15) is 4.79 Å². The number of carbonyl (C=O) groups excluding carboxylic acids is 1. The molecule has 18 heavy (non-hydrogen) atoms. The molecule has 5 nitrogen and oxygen atoms in total. The summed E-state index contributed by atoms with van der Waals surface area (Å²) in [4.78, 5) is 13.9. The third-order valence-corrected chi connectivity index (χ3v) is 3.22. The monoisotopic (exact) mass is 249 g/mol. The molecular formula is C13H19N3O2. The summed E-state index contributed by atoms with van der Waals surface area (Å²) in [6.07, 6.45) is 2.34. The van der Waals surface area contributed by atoms with Gasteiger partial charge >= 0.3 is 0 Å². The van der Waals surface area contributed by atoms with Gasteiger partial charge in [-0.2, -0.15) is 0 Å². The molecule has 5 heteroatoms. The molecule has 0 atom stereocenters. The van der Waals surface area contributed by atoms with E-state index >= 15 is 0 Å². The van der Waals surface area contributed by atoms with Crippen LogP contribution in [0.3, 0.4) is 0 Å². The molecule has 2 rings (SSSR count). The quantitative estimate of drug-likeness (QED) is 0.383. The van der Waals surface area contributed by atoms with Crippen LogP contribution in [-0.2, 0) is 6.54 Å². The van der Waals surface area contributed by atoms with Crippen LogP contribution in [0.2, 0.25) is 0 Å². The van der Waals surface area contributed by atoms with E-state index in [-0.39, 0.29) is 12.5 Å². The zero-order chi connectivity index (χ0) is 13.0. The molecule has 0 heterocycles. The van der Waals surface area contributed by atoms with Crippen LogP contribution in [0, 0.1) is 0 Å². The maximum absolute atomic E-state index is 11.7. The van der Waals surface area contributed by atoms with Crippen LogP contribution >= 0.6 is 0 Å². The van der Waals surface area contributed by atoms with Crippen molar-refractivity contribution in [3.63, 3.8) is 0 Å². The molecule has 1 aliphatic rings. The van der Waals surface area contributed by atoms with Crippen LogP contribution in [0.1, 0.15) is 28.8 Å². The Morgan fingerprint density at radius 3 is 2.78 bits per heavy atom. The Morgan fingerprint density at radius 2 is 2.17 bits per heavy atom. The van der Waals surface area contributed by atoms with Gasteiger partial charge in [-0.1, -0.05) is 18.2 Å². The average Bonchev–Trinajstić information content (AvgIpc) is 3.22. The normalized spacial score (nSPS) is 14.8.